The van der Waals surface area contributed by atoms with Crippen LogP contribution < -0.4 is 5.73 Å². The van der Waals surface area contributed by atoms with Crippen molar-refractivity contribution < 1.29 is 0 Å². The summed E-state index contributed by atoms with van der Waals surface area (Å²) >= 11 is 0. The molecule has 0 atom stereocenters. The number of rotatable bonds is 5. The summed E-state index contributed by atoms with van der Waals surface area (Å²) in [6.45, 7) is 2.12. The lowest BCUT2D eigenvalue weighted by atomic mass is 9.95. The van der Waals surface area contributed by atoms with Gasteiger partial charge in [0, 0.05) is 12.1 Å². The molecule has 0 bridgehead atoms. The van der Waals surface area contributed by atoms with Crippen molar-refractivity contribution >= 4 is 0 Å². The lowest BCUT2D eigenvalue weighted by Crippen LogP contribution is -2.50. The minimum atomic E-state index is 0.370. The lowest BCUT2D eigenvalue weighted by molar-refractivity contribution is 0.128. The van der Waals surface area contributed by atoms with Gasteiger partial charge in [-0.15, -0.1) is 0 Å². The third-order valence-electron chi connectivity index (χ3n) is 4.29. The molecule has 2 aliphatic carbocycles. The smallest absolute Gasteiger partial charge is 0.0328 e. The van der Waals surface area contributed by atoms with Crippen LogP contribution in [0.3, 0.4) is 0 Å². The second-order valence-electron chi connectivity index (χ2n) is 5.29. The molecular weight excluding hydrogens is 172 g/mol. The maximum atomic E-state index is 5.95. The van der Waals surface area contributed by atoms with E-state index in [1.165, 1.54) is 51.5 Å². The largest absolute Gasteiger partial charge is 0.329 e. The number of nitrogens with zero attached hydrogens (tertiary/aromatic N) is 1. The molecule has 14 heavy (non-hydrogen) atoms. The molecule has 0 saturated heterocycles. The zero-order valence-corrected chi connectivity index (χ0v) is 9.47. The molecule has 2 N–H and O–H groups in total. The van der Waals surface area contributed by atoms with E-state index in [0.717, 1.165) is 12.5 Å². The Labute approximate surface area is 87.8 Å². The van der Waals surface area contributed by atoms with Crippen molar-refractivity contribution in [1.82, 2.24) is 4.90 Å². The topological polar surface area (TPSA) is 29.3 Å². The van der Waals surface area contributed by atoms with Crippen LogP contribution in [0.25, 0.3) is 0 Å². The van der Waals surface area contributed by atoms with Crippen LogP contribution in [-0.2, 0) is 0 Å². The molecule has 0 spiro atoms. The lowest BCUT2D eigenvalue weighted by Gasteiger charge is -2.38. The van der Waals surface area contributed by atoms with Gasteiger partial charge in [0.2, 0.25) is 0 Å². The van der Waals surface area contributed by atoms with Crippen molar-refractivity contribution in [3.63, 3.8) is 0 Å². The maximum Gasteiger partial charge on any atom is 0.0328 e. The summed E-state index contributed by atoms with van der Waals surface area (Å²) in [6, 6.07) is 0. The standard InChI is InChI=1S/C12H24N2/c1-14(9-6-11-4-5-11)12(10-13)7-2-3-8-12/h11H,2-10,13H2,1H3. The molecule has 2 nitrogen and oxygen atoms in total. The van der Waals surface area contributed by atoms with Gasteiger partial charge in [-0.2, -0.15) is 0 Å². The van der Waals surface area contributed by atoms with E-state index in [9.17, 15) is 0 Å². The first-order valence-electron chi connectivity index (χ1n) is 6.18. The van der Waals surface area contributed by atoms with Gasteiger partial charge in [0.15, 0.2) is 0 Å². The Kier molecular flexibility index (Phi) is 3.13. The fourth-order valence-corrected chi connectivity index (χ4v) is 2.79. The van der Waals surface area contributed by atoms with Crippen molar-refractivity contribution in [3.8, 4) is 0 Å². The average Bonchev–Trinajstić information content (AvgIpc) is 2.90. The molecule has 0 amide bonds. The predicted octanol–water partition coefficient (Wildman–Crippen LogP) is 1.99. The van der Waals surface area contributed by atoms with E-state index in [1.54, 1.807) is 0 Å². The predicted molar refractivity (Wildman–Crippen MR) is 60.2 cm³/mol. The fraction of sp³-hybridized carbons (Fsp3) is 1.00. The normalized spacial score (nSPS) is 25.9. The summed E-state index contributed by atoms with van der Waals surface area (Å²) in [5.41, 5.74) is 6.32. The SMILES string of the molecule is CN(CCC1CC1)C1(CN)CCCC1. The van der Waals surface area contributed by atoms with E-state index in [0.29, 0.717) is 5.54 Å². The molecule has 2 rings (SSSR count). The van der Waals surface area contributed by atoms with Gasteiger partial charge in [-0.3, -0.25) is 4.90 Å². The summed E-state index contributed by atoms with van der Waals surface area (Å²) in [5, 5.41) is 0. The average molecular weight is 196 g/mol. The third kappa shape index (κ3) is 2.12. The number of hydrogen-bond donors (Lipinski definition) is 1. The molecule has 2 fully saturated rings. The molecule has 0 aliphatic heterocycles. The van der Waals surface area contributed by atoms with Crippen LogP contribution in [0.4, 0.5) is 0 Å². The fourth-order valence-electron chi connectivity index (χ4n) is 2.79. The van der Waals surface area contributed by atoms with Crippen molar-refractivity contribution in [2.45, 2.75) is 50.5 Å². The first-order chi connectivity index (χ1) is 6.77. The van der Waals surface area contributed by atoms with Crippen LogP contribution >= 0.6 is 0 Å². The van der Waals surface area contributed by atoms with Gasteiger partial charge in [0.05, 0.1) is 0 Å². The molecule has 0 radical (unpaired) electrons. The summed E-state index contributed by atoms with van der Waals surface area (Å²) in [7, 11) is 2.28. The minimum Gasteiger partial charge on any atom is -0.329 e. The van der Waals surface area contributed by atoms with E-state index < -0.39 is 0 Å². The van der Waals surface area contributed by atoms with Crippen LogP contribution in [-0.4, -0.2) is 30.6 Å². The van der Waals surface area contributed by atoms with Gasteiger partial charge in [-0.05, 0) is 38.8 Å². The van der Waals surface area contributed by atoms with Crippen LogP contribution in [0, 0.1) is 5.92 Å². The molecule has 0 aromatic heterocycles. The highest BCUT2D eigenvalue weighted by atomic mass is 15.2. The first kappa shape index (κ1) is 10.4. The van der Waals surface area contributed by atoms with Crippen molar-refractivity contribution in [2.75, 3.05) is 20.1 Å². The summed E-state index contributed by atoms with van der Waals surface area (Å²) in [4.78, 5) is 2.55. The molecule has 2 saturated carbocycles. The molecule has 82 valence electrons. The highest BCUT2D eigenvalue weighted by Crippen LogP contribution is 2.36. The molecule has 2 aliphatic rings. The molecule has 2 heteroatoms. The van der Waals surface area contributed by atoms with E-state index in [4.69, 9.17) is 5.73 Å². The Balaban J connectivity index is 1.82. The second kappa shape index (κ2) is 4.19. The van der Waals surface area contributed by atoms with E-state index >= 15 is 0 Å². The number of nitrogens with two attached hydrogens (primary N) is 1. The van der Waals surface area contributed by atoms with Gasteiger partial charge in [-0.25, -0.2) is 0 Å². The zero-order valence-electron chi connectivity index (χ0n) is 9.47. The van der Waals surface area contributed by atoms with Gasteiger partial charge in [0.25, 0.3) is 0 Å². The number of hydrogen-bond acceptors (Lipinski definition) is 2. The molecule has 0 unspecified atom stereocenters. The summed E-state index contributed by atoms with van der Waals surface area (Å²) in [6.07, 6.45) is 9.76. The van der Waals surface area contributed by atoms with Crippen molar-refractivity contribution in [1.29, 1.82) is 0 Å². The van der Waals surface area contributed by atoms with E-state index in [1.807, 2.05) is 0 Å². The van der Waals surface area contributed by atoms with E-state index in [-0.39, 0.29) is 0 Å². The van der Waals surface area contributed by atoms with E-state index in [2.05, 4.69) is 11.9 Å². The zero-order chi connectivity index (χ0) is 10.0. The molecule has 0 heterocycles. The number of likely N-dealkylation sites (N-methyl/N-ethyl adjacent to an activating group) is 1. The van der Waals surface area contributed by atoms with Crippen LogP contribution in [0.15, 0.2) is 0 Å². The Morgan fingerprint density at radius 1 is 1.29 bits per heavy atom. The highest BCUT2D eigenvalue weighted by Gasteiger charge is 2.36. The third-order valence-corrected chi connectivity index (χ3v) is 4.29. The Morgan fingerprint density at radius 2 is 1.93 bits per heavy atom. The summed E-state index contributed by atoms with van der Waals surface area (Å²) in [5.74, 6) is 1.05. The summed E-state index contributed by atoms with van der Waals surface area (Å²) < 4.78 is 0. The van der Waals surface area contributed by atoms with Crippen molar-refractivity contribution in [3.05, 3.63) is 0 Å². The first-order valence-corrected chi connectivity index (χ1v) is 6.18. The van der Waals surface area contributed by atoms with Crippen LogP contribution in [0.5, 0.6) is 0 Å². The Morgan fingerprint density at radius 3 is 2.43 bits per heavy atom. The monoisotopic (exact) mass is 196 g/mol. The van der Waals surface area contributed by atoms with Gasteiger partial charge >= 0.3 is 0 Å². The maximum absolute atomic E-state index is 5.95. The van der Waals surface area contributed by atoms with Crippen LogP contribution in [0.2, 0.25) is 0 Å². The van der Waals surface area contributed by atoms with Gasteiger partial charge in [-0.1, -0.05) is 25.7 Å². The second-order valence-corrected chi connectivity index (χ2v) is 5.29. The van der Waals surface area contributed by atoms with Crippen molar-refractivity contribution in [2.24, 2.45) is 11.7 Å². The van der Waals surface area contributed by atoms with Crippen LogP contribution in [0.1, 0.15) is 44.9 Å². The Hall–Kier alpha value is -0.0800. The Bertz CT molecular complexity index is 181. The molecule has 0 aromatic rings. The van der Waals surface area contributed by atoms with Gasteiger partial charge in [0.1, 0.15) is 0 Å². The molecular formula is C12H24N2. The molecule has 0 aromatic carbocycles. The quantitative estimate of drug-likeness (QED) is 0.728. The van der Waals surface area contributed by atoms with Gasteiger partial charge < -0.3 is 5.73 Å². The highest BCUT2D eigenvalue weighted by molar-refractivity contribution is 4.94. The minimum absolute atomic E-state index is 0.370.